The van der Waals surface area contributed by atoms with Crippen molar-refractivity contribution in [2.75, 3.05) is 18.5 Å². The molecule has 0 radical (unpaired) electrons. The van der Waals surface area contributed by atoms with E-state index >= 15 is 0 Å². The highest BCUT2D eigenvalue weighted by atomic mass is 32.1. The highest BCUT2D eigenvalue weighted by Crippen LogP contribution is 2.45. The molecule has 1 N–H and O–H groups in total. The normalized spacial score (nSPS) is 17.1. The maximum atomic E-state index is 13.6. The second-order valence-electron chi connectivity index (χ2n) is 8.51. The van der Waals surface area contributed by atoms with Gasteiger partial charge in [-0.2, -0.15) is 0 Å². The van der Waals surface area contributed by atoms with Crippen LogP contribution in [-0.2, 0) is 24.0 Å². The Hall–Kier alpha value is -3.12. The molecule has 1 aliphatic heterocycles. The smallest absolute Gasteiger partial charge is 0.340 e. The molecule has 2 heterocycles. The van der Waals surface area contributed by atoms with Crippen molar-refractivity contribution >= 4 is 29.0 Å². The number of thiophene rings is 1. The van der Waals surface area contributed by atoms with Crippen LogP contribution in [0.1, 0.15) is 62.6 Å². The third-order valence-corrected chi connectivity index (χ3v) is 7.90. The fourth-order valence-corrected chi connectivity index (χ4v) is 6.59. The van der Waals surface area contributed by atoms with Crippen LogP contribution in [0.15, 0.2) is 54.6 Å². The number of anilines is 1. The van der Waals surface area contributed by atoms with Crippen molar-refractivity contribution < 1.29 is 14.3 Å². The van der Waals surface area contributed by atoms with E-state index in [0.29, 0.717) is 17.8 Å². The standard InChI is InChI=1S/C27H28N2O3S/c1-2-32-26(30)21-13-6-8-14-22(21)28-27(31)29-17-16-20-19-12-7-9-15-23(19)33-25(20)24(29)18-10-4-3-5-11-18/h3-6,8,10-11,13-14,24H,2,7,9,12,15-17H2,1H3,(H,28,31)/t24-/m1/s1. The molecule has 170 valence electrons. The zero-order valence-electron chi connectivity index (χ0n) is 18.8. The third-order valence-electron chi connectivity index (χ3n) is 6.51. The summed E-state index contributed by atoms with van der Waals surface area (Å²) >= 11 is 1.89. The zero-order chi connectivity index (χ0) is 22.8. The van der Waals surface area contributed by atoms with Crippen molar-refractivity contribution in [2.45, 2.75) is 45.1 Å². The molecule has 5 rings (SSSR count). The number of amides is 2. The maximum absolute atomic E-state index is 13.6. The van der Waals surface area contributed by atoms with Crippen LogP contribution in [0.2, 0.25) is 0 Å². The summed E-state index contributed by atoms with van der Waals surface area (Å²) in [6.07, 6.45) is 5.67. The van der Waals surface area contributed by atoms with Gasteiger partial charge in [0.05, 0.1) is 23.9 Å². The first-order valence-corrected chi connectivity index (χ1v) is 12.5. The average Bonchev–Trinajstić information content (AvgIpc) is 3.23. The van der Waals surface area contributed by atoms with Gasteiger partial charge in [-0.1, -0.05) is 42.5 Å². The molecule has 1 aliphatic carbocycles. The summed E-state index contributed by atoms with van der Waals surface area (Å²) in [6.45, 7) is 2.70. The zero-order valence-corrected chi connectivity index (χ0v) is 19.6. The Bertz CT molecular complexity index is 1170. The number of carbonyl (C=O) groups excluding carboxylic acids is 2. The number of ether oxygens (including phenoxy) is 1. The van der Waals surface area contributed by atoms with Crippen LogP contribution in [0.5, 0.6) is 0 Å². The van der Waals surface area contributed by atoms with Gasteiger partial charge in [0.2, 0.25) is 0 Å². The minimum atomic E-state index is -0.431. The van der Waals surface area contributed by atoms with E-state index in [1.807, 2.05) is 40.5 Å². The maximum Gasteiger partial charge on any atom is 0.340 e. The molecule has 0 unspecified atom stereocenters. The highest BCUT2D eigenvalue weighted by molar-refractivity contribution is 7.12. The molecule has 5 nitrogen and oxygen atoms in total. The Kier molecular flexibility index (Phi) is 6.18. The van der Waals surface area contributed by atoms with Crippen LogP contribution in [0.3, 0.4) is 0 Å². The van der Waals surface area contributed by atoms with Gasteiger partial charge in [0.1, 0.15) is 0 Å². The lowest BCUT2D eigenvalue weighted by molar-refractivity contribution is 0.0527. The fraction of sp³-hybridized carbons (Fsp3) is 0.333. The topological polar surface area (TPSA) is 58.6 Å². The Morgan fingerprint density at radius 1 is 1.00 bits per heavy atom. The minimum Gasteiger partial charge on any atom is -0.462 e. The lowest BCUT2D eigenvalue weighted by atomic mass is 9.88. The summed E-state index contributed by atoms with van der Waals surface area (Å²) < 4.78 is 5.18. The number of benzene rings is 2. The summed E-state index contributed by atoms with van der Waals surface area (Å²) in [4.78, 5) is 30.7. The fourth-order valence-electron chi connectivity index (χ4n) is 5.00. The van der Waals surface area contributed by atoms with E-state index in [0.717, 1.165) is 24.8 Å². The van der Waals surface area contributed by atoms with E-state index < -0.39 is 5.97 Å². The van der Waals surface area contributed by atoms with Crippen LogP contribution in [0, 0.1) is 0 Å². The number of para-hydroxylation sites is 1. The van der Waals surface area contributed by atoms with Gasteiger partial charge in [0.15, 0.2) is 0 Å². The van der Waals surface area contributed by atoms with Crippen molar-refractivity contribution in [2.24, 2.45) is 0 Å². The Morgan fingerprint density at radius 2 is 1.76 bits per heavy atom. The molecule has 3 aromatic rings. The summed E-state index contributed by atoms with van der Waals surface area (Å²) in [7, 11) is 0. The first kappa shape index (κ1) is 21.7. The third kappa shape index (κ3) is 4.15. The van der Waals surface area contributed by atoms with E-state index in [1.165, 1.54) is 33.7 Å². The summed E-state index contributed by atoms with van der Waals surface area (Å²) in [5.41, 5.74) is 4.96. The minimum absolute atomic E-state index is 0.125. The second kappa shape index (κ2) is 9.40. The predicted octanol–water partition coefficient (Wildman–Crippen LogP) is 5.98. The van der Waals surface area contributed by atoms with Gasteiger partial charge >= 0.3 is 12.0 Å². The lowest BCUT2D eigenvalue weighted by Crippen LogP contribution is -2.42. The number of hydrogen-bond acceptors (Lipinski definition) is 4. The number of nitrogens with one attached hydrogen (secondary N) is 1. The van der Waals surface area contributed by atoms with Crippen molar-refractivity contribution in [1.82, 2.24) is 4.90 Å². The SMILES string of the molecule is CCOC(=O)c1ccccc1NC(=O)N1CCc2c(sc3c2CCCC3)[C@H]1c1ccccc1. The number of nitrogens with zero attached hydrogens (tertiary/aromatic N) is 1. The molecule has 1 aromatic heterocycles. The second-order valence-corrected chi connectivity index (χ2v) is 9.64. The highest BCUT2D eigenvalue weighted by Gasteiger charge is 2.36. The molecule has 0 fully saturated rings. The van der Waals surface area contributed by atoms with Crippen LogP contribution in [0.25, 0.3) is 0 Å². The Morgan fingerprint density at radius 3 is 2.58 bits per heavy atom. The summed E-state index contributed by atoms with van der Waals surface area (Å²) in [5.74, 6) is -0.431. The summed E-state index contributed by atoms with van der Waals surface area (Å²) in [6, 6.07) is 17.0. The number of fused-ring (bicyclic) bond motifs is 3. The lowest BCUT2D eigenvalue weighted by Gasteiger charge is -2.36. The van der Waals surface area contributed by atoms with Crippen molar-refractivity contribution in [1.29, 1.82) is 0 Å². The van der Waals surface area contributed by atoms with Crippen LogP contribution < -0.4 is 5.32 Å². The van der Waals surface area contributed by atoms with Crippen LogP contribution in [0.4, 0.5) is 10.5 Å². The Labute approximate surface area is 198 Å². The number of carbonyl (C=O) groups is 2. The van der Waals surface area contributed by atoms with Crippen LogP contribution >= 0.6 is 11.3 Å². The molecule has 33 heavy (non-hydrogen) atoms. The van der Waals surface area contributed by atoms with Gasteiger partial charge in [0, 0.05) is 16.3 Å². The molecule has 1 atom stereocenters. The molecule has 2 aliphatic rings. The molecule has 0 bridgehead atoms. The van der Waals surface area contributed by atoms with E-state index in [2.05, 4.69) is 17.4 Å². The first-order chi connectivity index (χ1) is 16.2. The van der Waals surface area contributed by atoms with Gasteiger partial charge in [-0.3, -0.25) is 0 Å². The molecular formula is C27H28N2O3S. The molecule has 0 saturated heterocycles. The monoisotopic (exact) mass is 460 g/mol. The van der Waals surface area contributed by atoms with Gasteiger partial charge in [-0.05, 0) is 67.9 Å². The number of aryl methyl sites for hydroxylation is 1. The first-order valence-electron chi connectivity index (χ1n) is 11.7. The molecular weight excluding hydrogens is 432 g/mol. The predicted molar refractivity (Wildman–Crippen MR) is 131 cm³/mol. The number of urea groups is 1. The number of esters is 1. The number of hydrogen-bond donors (Lipinski definition) is 1. The number of rotatable bonds is 4. The molecule has 2 aromatic carbocycles. The summed E-state index contributed by atoms with van der Waals surface area (Å²) in [5, 5.41) is 3.00. The van der Waals surface area contributed by atoms with E-state index in [4.69, 9.17) is 4.74 Å². The molecule has 2 amide bonds. The van der Waals surface area contributed by atoms with Crippen molar-refractivity contribution in [3.8, 4) is 0 Å². The largest absolute Gasteiger partial charge is 0.462 e. The van der Waals surface area contributed by atoms with Gasteiger partial charge < -0.3 is 15.0 Å². The van der Waals surface area contributed by atoms with E-state index in [1.54, 1.807) is 25.1 Å². The molecule has 0 spiro atoms. The van der Waals surface area contributed by atoms with E-state index in [9.17, 15) is 9.59 Å². The van der Waals surface area contributed by atoms with Crippen molar-refractivity contribution in [3.63, 3.8) is 0 Å². The van der Waals surface area contributed by atoms with Crippen molar-refractivity contribution in [3.05, 3.63) is 86.6 Å². The Balaban J connectivity index is 1.50. The van der Waals surface area contributed by atoms with Crippen LogP contribution in [-0.4, -0.2) is 30.1 Å². The van der Waals surface area contributed by atoms with Gasteiger partial charge in [-0.15, -0.1) is 11.3 Å². The van der Waals surface area contributed by atoms with E-state index in [-0.39, 0.29) is 18.7 Å². The quantitative estimate of drug-likeness (QED) is 0.487. The molecule has 0 saturated carbocycles. The van der Waals surface area contributed by atoms with Gasteiger partial charge in [-0.25, -0.2) is 9.59 Å². The van der Waals surface area contributed by atoms with Gasteiger partial charge in [0.25, 0.3) is 0 Å². The molecule has 6 heteroatoms. The average molecular weight is 461 g/mol.